The Labute approximate surface area is 134 Å². The summed E-state index contributed by atoms with van der Waals surface area (Å²) in [5.74, 6) is -0.0461. The summed E-state index contributed by atoms with van der Waals surface area (Å²) in [5.41, 5.74) is 1.84. The lowest BCUT2D eigenvalue weighted by atomic mass is 10.2. The van der Waals surface area contributed by atoms with E-state index in [0.717, 1.165) is 35.7 Å². The van der Waals surface area contributed by atoms with Crippen molar-refractivity contribution in [2.75, 3.05) is 20.3 Å². The lowest BCUT2D eigenvalue weighted by Gasteiger charge is -2.03. The second-order valence-electron chi connectivity index (χ2n) is 4.95. The molecule has 2 rings (SSSR count). The fourth-order valence-corrected chi connectivity index (χ4v) is 3.03. The monoisotopic (exact) mass is 319 g/mol. The molecule has 0 fully saturated rings. The summed E-state index contributed by atoms with van der Waals surface area (Å²) in [6.45, 7) is 3.15. The quantitative estimate of drug-likeness (QED) is 0.759. The molecular weight excluding hydrogens is 298 g/mol. The van der Waals surface area contributed by atoms with Crippen LogP contribution in [0.5, 0.6) is 0 Å². The second-order valence-corrected chi connectivity index (χ2v) is 6.03. The third-order valence-electron chi connectivity index (χ3n) is 3.18. The molecule has 0 atom stereocenters. The number of carbonyl (C=O) groups excluding carboxylic acids is 1. The Balaban J connectivity index is 1.88. The van der Waals surface area contributed by atoms with Crippen molar-refractivity contribution in [1.29, 1.82) is 0 Å². The van der Waals surface area contributed by atoms with Crippen LogP contribution in [-0.2, 0) is 17.6 Å². The summed E-state index contributed by atoms with van der Waals surface area (Å²) in [6.07, 6.45) is 4.25. The highest BCUT2D eigenvalue weighted by atomic mass is 32.1. The Morgan fingerprint density at radius 3 is 2.95 bits per heavy atom. The summed E-state index contributed by atoms with van der Waals surface area (Å²) in [5, 5.41) is 3.88. The van der Waals surface area contributed by atoms with E-state index in [0.29, 0.717) is 18.0 Å². The number of pyridine rings is 1. The van der Waals surface area contributed by atoms with Gasteiger partial charge in [-0.25, -0.2) is 4.98 Å². The molecule has 0 unspecified atom stereocenters. The third-order valence-corrected chi connectivity index (χ3v) is 4.40. The van der Waals surface area contributed by atoms with Gasteiger partial charge in [0.2, 0.25) is 0 Å². The van der Waals surface area contributed by atoms with E-state index in [1.165, 1.54) is 11.3 Å². The zero-order valence-corrected chi connectivity index (χ0v) is 13.8. The Bertz CT molecular complexity index is 599. The summed E-state index contributed by atoms with van der Waals surface area (Å²) in [6, 6.07) is 5.89. The normalized spacial score (nSPS) is 10.6. The Hall–Kier alpha value is -1.79. The molecular formula is C16H21N3O2S. The van der Waals surface area contributed by atoms with Gasteiger partial charge in [-0.15, -0.1) is 11.3 Å². The summed E-state index contributed by atoms with van der Waals surface area (Å²) >= 11 is 1.47. The largest absolute Gasteiger partial charge is 0.385 e. The maximum absolute atomic E-state index is 12.1. The Morgan fingerprint density at radius 2 is 2.23 bits per heavy atom. The first kappa shape index (κ1) is 16.6. The average molecular weight is 319 g/mol. The van der Waals surface area contributed by atoms with Crippen LogP contribution in [0.2, 0.25) is 0 Å². The zero-order chi connectivity index (χ0) is 15.8. The first-order valence-corrected chi connectivity index (χ1v) is 8.15. The molecule has 22 heavy (non-hydrogen) atoms. The van der Waals surface area contributed by atoms with Gasteiger partial charge >= 0.3 is 0 Å². The highest BCUT2D eigenvalue weighted by Crippen LogP contribution is 2.19. The predicted octanol–water partition coefficient (Wildman–Crippen LogP) is 2.40. The Kier molecular flexibility index (Phi) is 6.48. The molecule has 2 aromatic heterocycles. The van der Waals surface area contributed by atoms with E-state index in [1.54, 1.807) is 13.3 Å². The van der Waals surface area contributed by atoms with E-state index in [4.69, 9.17) is 4.74 Å². The lowest BCUT2D eigenvalue weighted by molar-refractivity contribution is 0.0952. The van der Waals surface area contributed by atoms with Gasteiger partial charge in [0.1, 0.15) is 4.88 Å². The van der Waals surface area contributed by atoms with E-state index in [9.17, 15) is 4.79 Å². The third kappa shape index (κ3) is 4.89. The molecule has 0 saturated heterocycles. The number of hydrogen-bond donors (Lipinski definition) is 1. The van der Waals surface area contributed by atoms with Crippen molar-refractivity contribution in [3.05, 3.63) is 45.7 Å². The molecule has 0 aliphatic carbocycles. The van der Waals surface area contributed by atoms with Crippen molar-refractivity contribution < 1.29 is 9.53 Å². The van der Waals surface area contributed by atoms with Gasteiger partial charge in [-0.3, -0.25) is 9.78 Å². The van der Waals surface area contributed by atoms with E-state index in [1.807, 2.05) is 25.1 Å². The van der Waals surface area contributed by atoms with Crippen molar-refractivity contribution in [3.8, 4) is 0 Å². The highest BCUT2D eigenvalue weighted by Gasteiger charge is 2.14. The number of rotatable bonds is 8. The number of amides is 1. The van der Waals surface area contributed by atoms with Gasteiger partial charge in [0.05, 0.1) is 10.7 Å². The van der Waals surface area contributed by atoms with Crippen LogP contribution in [0.15, 0.2) is 24.4 Å². The molecule has 0 radical (unpaired) electrons. The predicted molar refractivity (Wildman–Crippen MR) is 87.3 cm³/mol. The fourth-order valence-electron chi connectivity index (χ4n) is 2.05. The molecule has 0 bridgehead atoms. The summed E-state index contributed by atoms with van der Waals surface area (Å²) in [4.78, 5) is 21.6. The molecule has 2 aromatic rings. The molecule has 2 heterocycles. The average Bonchev–Trinajstić information content (AvgIpc) is 2.91. The maximum atomic E-state index is 12.1. The minimum atomic E-state index is -0.0461. The van der Waals surface area contributed by atoms with Crippen LogP contribution >= 0.6 is 11.3 Å². The van der Waals surface area contributed by atoms with Crippen LogP contribution in [0.25, 0.3) is 0 Å². The number of aromatic nitrogens is 2. The van der Waals surface area contributed by atoms with Gasteiger partial charge in [-0.05, 0) is 31.9 Å². The first-order valence-electron chi connectivity index (χ1n) is 7.34. The fraction of sp³-hybridized carbons (Fsp3) is 0.438. The lowest BCUT2D eigenvalue weighted by Crippen LogP contribution is -2.24. The standard InChI is InChI=1S/C16H21N3O2S/c1-12-15(16(20)18-10-5-11-21-2)22-14(19-12)8-7-13-6-3-4-9-17-13/h3-4,6,9H,5,7-8,10-11H2,1-2H3,(H,18,20). The number of aryl methyl sites for hydroxylation is 3. The van der Waals surface area contributed by atoms with Crippen LogP contribution in [0.4, 0.5) is 0 Å². The van der Waals surface area contributed by atoms with Gasteiger partial charge in [0.15, 0.2) is 0 Å². The van der Waals surface area contributed by atoms with Gasteiger partial charge in [-0.2, -0.15) is 0 Å². The van der Waals surface area contributed by atoms with E-state index < -0.39 is 0 Å². The number of methoxy groups -OCH3 is 1. The maximum Gasteiger partial charge on any atom is 0.263 e. The molecule has 0 aromatic carbocycles. The minimum absolute atomic E-state index is 0.0461. The zero-order valence-electron chi connectivity index (χ0n) is 13.0. The number of thiazole rings is 1. The highest BCUT2D eigenvalue weighted by molar-refractivity contribution is 7.13. The molecule has 118 valence electrons. The van der Waals surface area contributed by atoms with Crippen LogP contribution in [0.3, 0.4) is 0 Å². The van der Waals surface area contributed by atoms with Crippen molar-refractivity contribution >= 4 is 17.2 Å². The van der Waals surface area contributed by atoms with E-state index in [-0.39, 0.29) is 5.91 Å². The summed E-state index contributed by atoms with van der Waals surface area (Å²) in [7, 11) is 1.66. The number of carbonyl (C=O) groups is 1. The van der Waals surface area contributed by atoms with Gasteiger partial charge < -0.3 is 10.1 Å². The van der Waals surface area contributed by atoms with E-state index in [2.05, 4.69) is 15.3 Å². The van der Waals surface area contributed by atoms with Gasteiger partial charge in [-0.1, -0.05) is 6.07 Å². The molecule has 6 heteroatoms. The topological polar surface area (TPSA) is 64.1 Å². The molecule has 0 aliphatic rings. The van der Waals surface area contributed by atoms with Crippen LogP contribution in [0, 0.1) is 6.92 Å². The second kappa shape index (κ2) is 8.60. The van der Waals surface area contributed by atoms with Gasteiger partial charge in [0, 0.05) is 38.6 Å². The molecule has 0 spiro atoms. The van der Waals surface area contributed by atoms with Gasteiger partial charge in [0.25, 0.3) is 5.91 Å². The smallest absolute Gasteiger partial charge is 0.263 e. The number of nitrogens with one attached hydrogen (secondary N) is 1. The molecule has 0 saturated carbocycles. The summed E-state index contributed by atoms with van der Waals surface area (Å²) < 4.78 is 4.96. The van der Waals surface area contributed by atoms with Crippen molar-refractivity contribution in [3.63, 3.8) is 0 Å². The number of hydrogen-bond acceptors (Lipinski definition) is 5. The van der Waals surface area contributed by atoms with Crippen molar-refractivity contribution in [2.24, 2.45) is 0 Å². The number of nitrogens with zero attached hydrogens (tertiary/aromatic N) is 2. The van der Waals surface area contributed by atoms with Crippen LogP contribution in [0.1, 0.15) is 32.5 Å². The SMILES string of the molecule is COCCCNC(=O)c1sc(CCc2ccccn2)nc1C. The van der Waals surface area contributed by atoms with Crippen LogP contribution < -0.4 is 5.32 Å². The number of ether oxygens (including phenoxy) is 1. The molecule has 1 amide bonds. The van der Waals surface area contributed by atoms with Crippen molar-refractivity contribution in [1.82, 2.24) is 15.3 Å². The molecule has 1 N–H and O–H groups in total. The minimum Gasteiger partial charge on any atom is -0.385 e. The van der Waals surface area contributed by atoms with Crippen LogP contribution in [-0.4, -0.2) is 36.1 Å². The Morgan fingerprint density at radius 1 is 1.36 bits per heavy atom. The first-order chi connectivity index (χ1) is 10.7. The van der Waals surface area contributed by atoms with Crippen molar-refractivity contribution in [2.45, 2.75) is 26.2 Å². The van der Waals surface area contributed by atoms with E-state index >= 15 is 0 Å². The molecule has 5 nitrogen and oxygen atoms in total. The molecule has 0 aliphatic heterocycles.